The third-order valence-electron chi connectivity index (χ3n) is 3.47. The zero-order valence-electron chi connectivity index (χ0n) is 12.8. The van der Waals surface area contributed by atoms with E-state index in [0.717, 1.165) is 23.4 Å². The summed E-state index contributed by atoms with van der Waals surface area (Å²) >= 11 is 0. The average Bonchev–Trinajstić information content (AvgIpc) is 2.95. The van der Waals surface area contributed by atoms with Gasteiger partial charge in [0, 0.05) is 25.0 Å². The van der Waals surface area contributed by atoms with Crippen molar-refractivity contribution < 1.29 is 12.8 Å². The lowest BCUT2D eigenvalue weighted by Gasteiger charge is -2.04. The highest BCUT2D eigenvalue weighted by atomic mass is 32.2. The van der Waals surface area contributed by atoms with Crippen molar-refractivity contribution in [3.05, 3.63) is 66.4 Å². The molecule has 2 heterocycles. The van der Waals surface area contributed by atoms with Crippen LogP contribution in [0.1, 0.15) is 5.69 Å². The molecule has 0 unspecified atom stereocenters. The molecule has 24 heavy (non-hydrogen) atoms. The van der Waals surface area contributed by atoms with E-state index in [1.807, 2.05) is 18.2 Å². The van der Waals surface area contributed by atoms with Gasteiger partial charge in [0.05, 0.1) is 22.8 Å². The van der Waals surface area contributed by atoms with E-state index in [2.05, 4.69) is 14.8 Å². The lowest BCUT2D eigenvalue weighted by Crippen LogP contribution is -2.23. The maximum absolute atomic E-state index is 12.9. The molecule has 8 heteroatoms. The van der Waals surface area contributed by atoms with Gasteiger partial charge in [0.2, 0.25) is 10.0 Å². The predicted octanol–water partition coefficient (Wildman–Crippen LogP) is 2.10. The first kappa shape index (κ1) is 16.3. The van der Waals surface area contributed by atoms with Crippen molar-refractivity contribution in [1.82, 2.24) is 19.5 Å². The first-order chi connectivity index (χ1) is 11.5. The van der Waals surface area contributed by atoms with E-state index >= 15 is 0 Å². The Kier molecular flexibility index (Phi) is 4.41. The normalized spacial score (nSPS) is 11.6. The first-order valence-electron chi connectivity index (χ1n) is 7.14. The Morgan fingerprint density at radius 1 is 1.12 bits per heavy atom. The van der Waals surface area contributed by atoms with Crippen molar-refractivity contribution in [1.29, 1.82) is 0 Å². The van der Waals surface area contributed by atoms with E-state index in [1.165, 1.54) is 12.1 Å². The van der Waals surface area contributed by atoms with Gasteiger partial charge in [-0.3, -0.25) is 9.67 Å². The smallest absolute Gasteiger partial charge is 0.240 e. The van der Waals surface area contributed by atoms with Crippen LogP contribution in [0.4, 0.5) is 4.39 Å². The quantitative estimate of drug-likeness (QED) is 0.767. The van der Waals surface area contributed by atoms with Crippen molar-refractivity contribution in [2.24, 2.45) is 7.05 Å². The summed E-state index contributed by atoms with van der Waals surface area (Å²) in [5.74, 6) is -0.485. The number of nitrogens with one attached hydrogen (secondary N) is 1. The van der Waals surface area contributed by atoms with Crippen molar-refractivity contribution in [2.75, 3.05) is 0 Å². The molecular weight excluding hydrogens is 331 g/mol. The molecule has 0 aliphatic rings. The zero-order valence-corrected chi connectivity index (χ0v) is 13.7. The molecule has 124 valence electrons. The SMILES string of the molecule is Cn1nc(CNS(=O)(=O)c2ccc(F)cc2)cc1-c1ccncc1. The molecule has 0 amide bonds. The number of sulfonamides is 1. The highest BCUT2D eigenvalue weighted by Gasteiger charge is 2.15. The number of aryl methyl sites for hydroxylation is 1. The molecular formula is C16H15FN4O2S. The summed E-state index contributed by atoms with van der Waals surface area (Å²) in [6.45, 7) is 0.0403. The number of benzene rings is 1. The number of hydrogen-bond donors (Lipinski definition) is 1. The fourth-order valence-corrected chi connectivity index (χ4v) is 3.27. The topological polar surface area (TPSA) is 76.9 Å². The molecule has 0 saturated carbocycles. The Labute approximate surface area is 139 Å². The summed E-state index contributed by atoms with van der Waals surface area (Å²) in [6.07, 6.45) is 3.36. The Morgan fingerprint density at radius 2 is 1.79 bits per heavy atom. The van der Waals surface area contributed by atoms with Gasteiger partial charge < -0.3 is 0 Å². The molecule has 6 nitrogen and oxygen atoms in total. The van der Waals surface area contributed by atoms with E-state index in [1.54, 1.807) is 24.1 Å². The maximum atomic E-state index is 12.9. The molecule has 0 aliphatic heterocycles. The number of aromatic nitrogens is 3. The Balaban J connectivity index is 1.77. The molecule has 1 aromatic carbocycles. The molecule has 0 bridgehead atoms. The lowest BCUT2D eigenvalue weighted by molar-refractivity contribution is 0.578. The minimum absolute atomic E-state index is 0.00851. The summed E-state index contributed by atoms with van der Waals surface area (Å²) < 4.78 is 41.4. The third kappa shape index (κ3) is 3.50. The van der Waals surface area contributed by atoms with Crippen molar-refractivity contribution in [2.45, 2.75) is 11.4 Å². The Hall–Kier alpha value is -2.58. The van der Waals surface area contributed by atoms with Gasteiger partial charge in [-0.15, -0.1) is 0 Å². The van der Waals surface area contributed by atoms with E-state index in [4.69, 9.17) is 0 Å². The van der Waals surface area contributed by atoms with Gasteiger partial charge in [-0.05, 0) is 42.5 Å². The number of hydrogen-bond acceptors (Lipinski definition) is 4. The summed E-state index contributed by atoms with van der Waals surface area (Å²) in [4.78, 5) is 3.98. The molecule has 0 radical (unpaired) electrons. The van der Waals surface area contributed by atoms with Crippen LogP contribution in [0.2, 0.25) is 0 Å². The van der Waals surface area contributed by atoms with Crippen LogP contribution in [-0.2, 0) is 23.6 Å². The molecule has 3 rings (SSSR count). The van der Waals surface area contributed by atoms with Gasteiger partial charge in [0.25, 0.3) is 0 Å². The Bertz CT molecular complexity index is 938. The number of halogens is 1. The van der Waals surface area contributed by atoms with Gasteiger partial charge in [-0.1, -0.05) is 0 Å². The molecule has 0 fully saturated rings. The predicted molar refractivity (Wildman–Crippen MR) is 86.9 cm³/mol. The lowest BCUT2D eigenvalue weighted by atomic mass is 10.2. The van der Waals surface area contributed by atoms with Crippen LogP contribution in [0.5, 0.6) is 0 Å². The average molecular weight is 346 g/mol. The highest BCUT2D eigenvalue weighted by Crippen LogP contribution is 2.19. The van der Waals surface area contributed by atoms with Crippen LogP contribution in [-0.4, -0.2) is 23.2 Å². The van der Waals surface area contributed by atoms with E-state index in [-0.39, 0.29) is 11.4 Å². The van der Waals surface area contributed by atoms with Gasteiger partial charge in [-0.2, -0.15) is 5.10 Å². The summed E-state index contributed by atoms with van der Waals surface area (Å²) in [5, 5.41) is 4.31. The highest BCUT2D eigenvalue weighted by molar-refractivity contribution is 7.89. The summed E-state index contributed by atoms with van der Waals surface area (Å²) in [5.41, 5.74) is 2.37. The molecule has 2 aromatic heterocycles. The van der Waals surface area contributed by atoms with Crippen LogP contribution in [0.25, 0.3) is 11.3 Å². The second kappa shape index (κ2) is 6.50. The fraction of sp³-hybridized carbons (Fsp3) is 0.125. The number of nitrogens with zero attached hydrogens (tertiary/aromatic N) is 3. The second-order valence-corrected chi connectivity index (χ2v) is 6.93. The summed E-state index contributed by atoms with van der Waals surface area (Å²) in [7, 11) is -1.93. The minimum Gasteiger partial charge on any atom is -0.268 e. The van der Waals surface area contributed by atoms with E-state index in [0.29, 0.717) is 5.69 Å². The van der Waals surface area contributed by atoms with Crippen LogP contribution in [0.3, 0.4) is 0 Å². The van der Waals surface area contributed by atoms with Crippen LogP contribution >= 0.6 is 0 Å². The molecule has 0 spiro atoms. The third-order valence-corrected chi connectivity index (χ3v) is 4.89. The second-order valence-electron chi connectivity index (χ2n) is 5.16. The fourth-order valence-electron chi connectivity index (χ4n) is 2.27. The monoisotopic (exact) mass is 346 g/mol. The van der Waals surface area contributed by atoms with Gasteiger partial charge >= 0.3 is 0 Å². The molecule has 0 aliphatic carbocycles. The first-order valence-corrected chi connectivity index (χ1v) is 8.62. The molecule has 3 aromatic rings. The van der Waals surface area contributed by atoms with Gasteiger partial charge in [-0.25, -0.2) is 17.5 Å². The van der Waals surface area contributed by atoms with Crippen LogP contribution in [0, 0.1) is 5.82 Å². The Morgan fingerprint density at radius 3 is 2.46 bits per heavy atom. The summed E-state index contributed by atoms with van der Waals surface area (Å²) in [6, 6.07) is 10.2. The number of pyridine rings is 1. The maximum Gasteiger partial charge on any atom is 0.240 e. The van der Waals surface area contributed by atoms with Crippen molar-refractivity contribution in [3.63, 3.8) is 0 Å². The van der Waals surface area contributed by atoms with Gasteiger partial charge in [0.1, 0.15) is 5.82 Å². The number of rotatable bonds is 5. The molecule has 0 atom stereocenters. The van der Waals surface area contributed by atoms with Crippen molar-refractivity contribution >= 4 is 10.0 Å². The van der Waals surface area contributed by atoms with Crippen LogP contribution in [0.15, 0.2) is 59.8 Å². The largest absolute Gasteiger partial charge is 0.268 e. The van der Waals surface area contributed by atoms with Crippen LogP contribution < -0.4 is 4.72 Å². The molecule has 1 N–H and O–H groups in total. The van der Waals surface area contributed by atoms with Crippen molar-refractivity contribution in [3.8, 4) is 11.3 Å². The molecule has 0 saturated heterocycles. The standard InChI is InChI=1S/C16H15FN4O2S/c1-21-16(12-6-8-18-9-7-12)10-14(20-21)11-19-24(22,23)15-4-2-13(17)3-5-15/h2-10,19H,11H2,1H3. The van der Waals surface area contributed by atoms with E-state index in [9.17, 15) is 12.8 Å². The zero-order chi connectivity index (χ0) is 17.2. The minimum atomic E-state index is -3.72. The van der Waals surface area contributed by atoms with Gasteiger partial charge in [0.15, 0.2) is 0 Å². The van der Waals surface area contributed by atoms with E-state index < -0.39 is 15.8 Å².